The number of thioether (sulfide) groups is 1. The Bertz CT molecular complexity index is 496. The van der Waals surface area contributed by atoms with Crippen LogP contribution in [0.25, 0.3) is 11.0 Å². The van der Waals surface area contributed by atoms with E-state index < -0.39 is 5.51 Å². The first-order chi connectivity index (χ1) is 7.35. The highest BCUT2D eigenvalue weighted by Gasteiger charge is 2.31. The summed E-state index contributed by atoms with van der Waals surface area (Å²) < 4.78 is 36.3. The van der Waals surface area contributed by atoms with E-state index in [9.17, 15) is 13.2 Å². The first-order valence-corrected chi connectivity index (χ1v) is 5.46. The molecule has 1 aromatic carbocycles. The van der Waals surface area contributed by atoms with Gasteiger partial charge in [0, 0.05) is 16.8 Å². The number of alkyl halides is 3. The maximum atomic E-state index is 12.1. The molecular formula is C9H6ClF3N2S. The van der Waals surface area contributed by atoms with Gasteiger partial charge in [-0.15, -0.1) is 0 Å². The largest absolute Gasteiger partial charge is 0.449 e. The lowest BCUT2D eigenvalue weighted by molar-refractivity contribution is -0.0330. The number of H-pyrrole nitrogens is 1. The molecule has 0 bridgehead atoms. The lowest BCUT2D eigenvalue weighted by Gasteiger charge is -2.00. The highest BCUT2D eigenvalue weighted by molar-refractivity contribution is 8.00. The van der Waals surface area contributed by atoms with Crippen LogP contribution < -0.4 is 0 Å². The highest BCUT2D eigenvalue weighted by Crippen LogP contribution is 2.36. The third kappa shape index (κ3) is 2.44. The molecule has 0 saturated heterocycles. The van der Waals surface area contributed by atoms with Gasteiger partial charge in [-0.05, 0) is 24.6 Å². The van der Waals surface area contributed by atoms with Crippen LogP contribution in [0.4, 0.5) is 13.2 Å². The summed E-state index contributed by atoms with van der Waals surface area (Å²) in [6.07, 6.45) is 0. The topological polar surface area (TPSA) is 28.7 Å². The zero-order valence-corrected chi connectivity index (χ0v) is 9.59. The Labute approximate surface area is 98.2 Å². The molecule has 86 valence electrons. The van der Waals surface area contributed by atoms with E-state index in [-0.39, 0.29) is 16.9 Å². The Balaban J connectivity index is 2.44. The lowest BCUT2D eigenvalue weighted by atomic mass is 10.2. The molecule has 0 atom stereocenters. The van der Waals surface area contributed by atoms with Crippen molar-refractivity contribution in [3.63, 3.8) is 0 Å². The smallest absolute Gasteiger partial charge is 0.333 e. The minimum Gasteiger partial charge on any atom is -0.333 e. The monoisotopic (exact) mass is 266 g/mol. The van der Waals surface area contributed by atoms with E-state index in [1.807, 2.05) is 0 Å². The summed E-state index contributed by atoms with van der Waals surface area (Å²) in [7, 11) is 0. The molecule has 0 fully saturated rings. The molecule has 0 radical (unpaired) electrons. The molecule has 1 N–H and O–H groups in total. The van der Waals surface area contributed by atoms with Crippen molar-refractivity contribution >= 4 is 34.4 Å². The minimum absolute atomic E-state index is 0.177. The van der Waals surface area contributed by atoms with Gasteiger partial charge in [0.15, 0.2) is 5.16 Å². The third-order valence-electron chi connectivity index (χ3n) is 1.95. The average molecular weight is 267 g/mol. The fraction of sp³-hybridized carbons (Fsp3) is 0.222. The van der Waals surface area contributed by atoms with Crippen molar-refractivity contribution in [1.82, 2.24) is 9.97 Å². The van der Waals surface area contributed by atoms with Crippen LogP contribution >= 0.6 is 23.4 Å². The summed E-state index contributed by atoms with van der Waals surface area (Å²) in [5.74, 6) is 0. The summed E-state index contributed by atoms with van der Waals surface area (Å²) in [5, 5.41) is 0.312. The number of benzene rings is 1. The van der Waals surface area contributed by atoms with E-state index in [1.165, 1.54) is 0 Å². The fourth-order valence-corrected chi connectivity index (χ4v) is 1.96. The van der Waals surface area contributed by atoms with E-state index in [2.05, 4.69) is 9.97 Å². The highest BCUT2D eigenvalue weighted by atomic mass is 35.5. The quantitative estimate of drug-likeness (QED) is 0.786. The Hall–Kier alpha value is -0.880. The molecule has 0 aliphatic rings. The number of nitrogens with one attached hydrogen (secondary N) is 1. The van der Waals surface area contributed by atoms with Gasteiger partial charge in [-0.25, -0.2) is 4.98 Å². The second kappa shape index (κ2) is 3.85. The van der Waals surface area contributed by atoms with E-state index in [4.69, 9.17) is 11.6 Å². The standard InChI is InChI=1S/C9H6ClF3N2S/c1-4-2-6-7(3-5(4)10)15-8(14-6)16-9(11,12)13/h2-3H,1H3,(H,14,15). The summed E-state index contributed by atoms with van der Waals surface area (Å²) in [6, 6.07) is 3.22. The van der Waals surface area contributed by atoms with E-state index >= 15 is 0 Å². The van der Waals surface area contributed by atoms with E-state index in [1.54, 1.807) is 19.1 Å². The van der Waals surface area contributed by atoms with Gasteiger partial charge in [-0.2, -0.15) is 13.2 Å². The Morgan fingerprint density at radius 3 is 2.69 bits per heavy atom. The van der Waals surface area contributed by atoms with Gasteiger partial charge in [-0.3, -0.25) is 0 Å². The molecule has 1 heterocycles. The SMILES string of the molecule is Cc1cc2[nH]c(SC(F)(F)F)nc2cc1Cl. The van der Waals surface area contributed by atoms with Crippen molar-refractivity contribution in [1.29, 1.82) is 0 Å². The number of fused-ring (bicyclic) bond motifs is 1. The molecule has 0 amide bonds. The average Bonchev–Trinajstić information content (AvgIpc) is 2.44. The van der Waals surface area contributed by atoms with Gasteiger partial charge >= 0.3 is 5.51 Å². The molecule has 0 unspecified atom stereocenters. The summed E-state index contributed by atoms with van der Waals surface area (Å²) in [6.45, 7) is 1.78. The van der Waals surface area contributed by atoms with E-state index in [0.717, 1.165) is 5.56 Å². The van der Waals surface area contributed by atoms with Gasteiger partial charge < -0.3 is 4.98 Å². The maximum Gasteiger partial charge on any atom is 0.449 e. The van der Waals surface area contributed by atoms with Crippen LogP contribution in [0.2, 0.25) is 5.02 Å². The molecular weight excluding hydrogens is 261 g/mol. The minimum atomic E-state index is -4.34. The number of nitrogens with zero attached hydrogens (tertiary/aromatic N) is 1. The van der Waals surface area contributed by atoms with Crippen LogP contribution in [0, 0.1) is 6.92 Å². The van der Waals surface area contributed by atoms with Crippen LogP contribution in [-0.2, 0) is 0 Å². The van der Waals surface area contributed by atoms with Crippen LogP contribution in [0.5, 0.6) is 0 Å². The van der Waals surface area contributed by atoms with E-state index in [0.29, 0.717) is 16.1 Å². The number of aromatic amines is 1. The Morgan fingerprint density at radius 1 is 1.38 bits per heavy atom. The second-order valence-electron chi connectivity index (χ2n) is 3.21. The van der Waals surface area contributed by atoms with Crippen molar-refractivity contribution in [2.75, 3.05) is 0 Å². The van der Waals surface area contributed by atoms with Crippen molar-refractivity contribution in [2.24, 2.45) is 0 Å². The zero-order valence-electron chi connectivity index (χ0n) is 8.02. The van der Waals surface area contributed by atoms with Crippen LogP contribution in [0.15, 0.2) is 17.3 Å². The molecule has 2 nitrogen and oxygen atoms in total. The first-order valence-electron chi connectivity index (χ1n) is 4.27. The number of hydrogen-bond acceptors (Lipinski definition) is 2. The Kier molecular flexibility index (Phi) is 2.79. The first kappa shape index (κ1) is 11.6. The van der Waals surface area contributed by atoms with Crippen LogP contribution in [-0.4, -0.2) is 15.5 Å². The van der Waals surface area contributed by atoms with Gasteiger partial charge in [0.25, 0.3) is 0 Å². The summed E-state index contributed by atoms with van der Waals surface area (Å²) in [5.41, 5.74) is -2.57. The molecule has 16 heavy (non-hydrogen) atoms. The number of halogens is 4. The molecule has 2 aromatic rings. The van der Waals surface area contributed by atoms with Crippen LogP contribution in [0.3, 0.4) is 0 Å². The second-order valence-corrected chi connectivity index (χ2v) is 4.67. The van der Waals surface area contributed by atoms with Gasteiger partial charge in [0.05, 0.1) is 11.0 Å². The third-order valence-corrected chi connectivity index (χ3v) is 2.98. The zero-order chi connectivity index (χ0) is 11.9. The van der Waals surface area contributed by atoms with Crippen molar-refractivity contribution in [3.05, 3.63) is 22.7 Å². The lowest BCUT2D eigenvalue weighted by Crippen LogP contribution is -1.99. The predicted octanol–water partition coefficient (Wildman–Crippen LogP) is 4.14. The number of aryl methyl sites for hydroxylation is 1. The van der Waals surface area contributed by atoms with Gasteiger partial charge in [-0.1, -0.05) is 11.6 Å². The predicted molar refractivity (Wildman–Crippen MR) is 57.8 cm³/mol. The van der Waals surface area contributed by atoms with Crippen molar-refractivity contribution < 1.29 is 13.2 Å². The molecule has 2 rings (SSSR count). The molecule has 0 aliphatic heterocycles. The molecule has 1 aromatic heterocycles. The van der Waals surface area contributed by atoms with Crippen LogP contribution in [0.1, 0.15) is 5.56 Å². The van der Waals surface area contributed by atoms with Gasteiger partial charge in [0.1, 0.15) is 0 Å². The summed E-state index contributed by atoms with van der Waals surface area (Å²) in [4.78, 5) is 6.40. The van der Waals surface area contributed by atoms with Crippen molar-refractivity contribution in [3.8, 4) is 0 Å². The molecule has 7 heteroatoms. The molecule has 0 saturated carbocycles. The Morgan fingerprint density at radius 2 is 2.06 bits per heavy atom. The number of aromatic nitrogens is 2. The molecule has 0 spiro atoms. The fourth-order valence-electron chi connectivity index (χ4n) is 1.27. The van der Waals surface area contributed by atoms with Gasteiger partial charge in [0.2, 0.25) is 0 Å². The number of hydrogen-bond donors (Lipinski definition) is 1. The number of rotatable bonds is 1. The molecule has 0 aliphatic carbocycles. The van der Waals surface area contributed by atoms with Crippen molar-refractivity contribution in [2.45, 2.75) is 17.6 Å². The summed E-state index contributed by atoms with van der Waals surface area (Å²) >= 11 is 5.58. The normalized spacial score (nSPS) is 12.3. The number of imidazole rings is 1. The maximum absolute atomic E-state index is 12.1.